The van der Waals surface area contributed by atoms with Gasteiger partial charge in [-0.2, -0.15) is 0 Å². The van der Waals surface area contributed by atoms with E-state index in [1.807, 2.05) is 30.3 Å². The summed E-state index contributed by atoms with van der Waals surface area (Å²) >= 11 is 0. The maximum absolute atomic E-state index is 12.1. The van der Waals surface area contributed by atoms with Crippen molar-refractivity contribution in [2.24, 2.45) is 0 Å². The monoisotopic (exact) mass is 242 g/mol. The second-order valence-electron chi connectivity index (χ2n) is 3.75. The smallest absolute Gasteiger partial charge is 0.278 e. The van der Waals surface area contributed by atoms with Crippen molar-refractivity contribution < 1.29 is 4.79 Å². The first-order chi connectivity index (χ1) is 8.72. The average molecular weight is 242 g/mol. The van der Waals surface area contributed by atoms with Crippen LogP contribution in [-0.4, -0.2) is 30.2 Å². The van der Waals surface area contributed by atoms with Crippen LogP contribution in [0, 0.1) is 0 Å². The standard InChI is InChI=1S/C13H14N4O/c1-14-12-9-8-11(15-16-12)13(18)17(2)10-6-4-3-5-7-10/h3-9H,1-2H3,(H,14,16). The van der Waals surface area contributed by atoms with Crippen LogP contribution in [0.25, 0.3) is 0 Å². The van der Waals surface area contributed by atoms with Gasteiger partial charge in [0.1, 0.15) is 5.82 Å². The lowest BCUT2D eigenvalue weighted by Crippen LogP contribution is -2.27. The summed E-state index contributed by atoms with van der Waals surface area (Å²) in [6.07, 6.45) is 0. The maximum atomic E-state index is 12.1. The lowest BCUT2D eigenvalue weighted by molar-refractivity contribution is 0.0987. The van der Waals surface area contributed by atoms with Crippen LogP contribution in [0.2, 0.25) is 0 Å². The zero-order valence-electron chi connectivity index (χ0n) is 10.3. The normalized spacial score (nSPS) is 9.89. The molecule has 0 spiro atoms. The molecule has 0 aliphatic carbocycles. The van der Waals surface area contributed by atoms with Gasteiger partial charge < -0.3 is 10.2 Å². The Kier molecular flexibility index (Phi) is 3.52. The second kappa shape index (κ2) is 5.27. The van der Waals surface area contributed by atoms with Gasteiger partial charge in [0.05, 0.1) is 0 Å². The molecule has 1 aromatic carbocycles. The molecule has 92 valence electrons. The summed E-state index contributed by atoms with van der Waals surface area (Å²) in [5, 5.41) is 10.6. The van der Waals surface area contributed by atoms with Gasteiger partial charge in [-0.25, -0.2) is 0 Å². The lowest BCUT2D eigenvalue weighted by Gasteiger charge is -2.16. The SMILES string of the molecule is CNc1ccc(C(=O)N(C)c2ccccc2)nn1. The van der Waals surface area contributed by atoms with E-state index in [-0.39, 0.29) is 5.91 Å². The zero-order chi connectivity index (χ0) is 13.0. The molecule has 1 heterocycles. The van der Waals surface area contributed by atoms with Crippen LogP contribution < -0.4 is 10.2 Å². The summed E-state index contributed by atoms with van der Waals surface area (Å²) in [5.74, 6) is 0.449. The fourth-order valence-electron chi connectivity index (χ4n) is 1.52. The van der Waals surface area contributed by atoms with Gasteiger partial charge in [0, 0.05) is 19.8 Å². The highest BCUT2D eigenvalue weighted by Crippen LogP contribution is 2.13. The first kappa shape index (κ1) is 12.0. The van der Waals surface area contributed by atoms with Crippen LogP contribution in [0.15, 0.2) is 42.5 Å². The second-order valence-corrected chi connectivity index (χ2v) is 3.75. The largest absolute Gasteiger partial charge is 0.372 e. The molecule has 0 bridgehead atoms. The molecule has 0 aliphatic rings. The third kappa shape index (κ3) is 2.45. The Hall–Kier alpha value is -2.43. The van der Waals surface area contributed by atoms with Crippen molar-refractivity contribution in [2.45, 2.75) is 0 Å². The minimum Gasteiger partial charge on any atom is -0.372 e. The van der Waals surface area contributed by atoms with Crippen LogP contribution in [0.4, 0.5) is 11.5 Å². The number of carbonyl (C=O) groups excluding carboxylic acids is 1. The minimum atomic E-state index is -0.184. The van der Waals surface area contributed by atoms with Crippen molar-refractivity contribution in [2.75, 3.05) is 24.3 Å². The molecule has 0 fully saturated rings. The van der Waals surface area contributed by atoms with E-state index in [9.17, 15) is 4.79 Å². The van der Waals surface area contributed by atoms with Crippen molar-refractivity contribution in [3.63, 3.8) is 0 Å². The van der Waals surface area contributed by atoms with Crippen LogP contribution >= 0.6 is 0 Å². The van der Waals surface area contributed by atoms with Crippen molar-refractivity contribution >= 4 is 17.4 Å². The number of para-hydroxylation sites is 1. The van der Waals surface area contributed by atoms with E-state index in [0.29, 0.717) is 11.5 Å². The number of benzene rings is 1. The summed E-state index contributed by atoms with van der Waals surface area (Å²) in [7, 11) is 3.47. The van der Waals surface area contributed by atoms with Gasteiger partial charge >= 0.3 is 0 Å². The van der Waals surface area contributed by atoms with Crippen LogP contribution in [-0.2, 0) is 0 Å². The Morgan fingerprint density at radius 2 is 1.83 bits per heavy atom. The summed E-state index contributed by atoms with van der Waals surface area (Å²) in [4.78, 5) is 13.7. The van der Waals surface area contributed by atoms with Crippen molar-refractivity contribution in [3.05, 3.63) is 48.2 Å². The zero-order valence-corrected chi connectivity index (χ0v) is 10.3. The molecule has 0 saturated carbocycles. The number of nitrogens with zero attached hydrogens (tertiary/aromatic N) is 3. The molecule has 0 saturated heterocycles. The summed E-state index contributed by atoms with van der Waals surface area (Å²) in [6, 6.07) is 12.8. The molecule has 1 amide bonds. The maximum Gasteiger partial charge on any atom is 0.278 e. The van der Waals surface area contributed by atoms with Gasteiger partial charge in [-0.1, -0.05) is 18.2 Å². The van der Waals surface area contributed by atoms with Crippen LogP contribution in [0.3, 0.4) is 0 Å². The van der Waals surface area contributed by atoms with Crippen molar-refractivity contribution in [3.8, 4) is 0 Å². The molecule has 1 N–H and O–H groups in total. The number of carbonyl (C=O) groups is 1. The van der Waals surface area contributed by atoms with E-state index < -0.39 is 0 Å². The predicted octanol–water partition coefficient (Wildman–Crippen LogP) is 1.79. The number of rotatable bonds is 3. The van der Waals surface area contributed by atoms with Crippen LogP contribution in [0.1, 0.15) is 10.5 Å². The molecule has 0 unspecified atom stereocenters. The highest BCUT2D eigenvalue weighted by molar-refractivity contribution is 6.04. The van der Waals surface area contributed by atoms with Gasteiger partial charge in [0.2, 0.25) is 0 Å². The van der Waals surface area contributed by atoms with E-state index in [4.69, 9.17) is 0 Å². The minimum absolute atomic E-state index is 0.184. The number of hydrogen-bond acceptors (Lipinski definition) is 4. The third-order valence-electron chi connectivity index (χ3n) is 2.59. The molecule has 2 aromatic rings. The molecular formula is C13H14N4O. The van der Waals surface area contributed by atoms with Crippen LogP contribution in [0.5, 0.6) is 0 Å². The number of aromatic nitrogens is 2. The fraction of sp³-hybridized carbons (Fsp3) is 0.154. The number of nitrogens with one attached hydrogen (secondary N) is 1. The number of hydrogen-bond donors (Lipinski definition) is 1. The topological polar surface area (TPSA) is 58.1 Å². The number of amides is 1. The highest BCUT2D eigenvalue weighted by atomic mass is 16.2. The Labute approximate surface area is 105 Å². The van der Waals surface area contributed by atoms with Crippen molar-refractivity contribution in [1.82, 2.24) is 10.2 Å². The first-order valence-corrected chi connectivity index (χ1v) is 5.57. The van der Waals surface area contributed by atoms with Gasteiger partial charge in [-0.05, 0) is 24.3 Å². The molecule has 0 atom stereocenters. The van der Waals surface area contributed by atoms with Gasteiger partial charge in [0.25, 0.3) is 5.91 Å². The van der Waals surface area contributed by atoms with Gasteiger partial charge in [-0.3, -0.25) is 4.79 Å². The molecular weight excluding hydrogens is 228 g/mol. The molecule has 0 radical (unpaired) electrons. The molecule has 1 aromatic heterocycles. The van der Waals surface area contributed by atoms with Gasteiger partial charge in [-0.15, -0.1) is 10.2 Å². The molecule has 0 aliphatic heterocycles. The quantitative estimate of drug-likeness (QED) is 0.891. The highest BCUT2D eigenvalue weighted by Gasteiger charge is 2.14. The number of anilines is 2. The Bertz CT molecular complexity index is 524. The molecule has 5 heteroatoms. The first-order valence-electron chi connectivity index (χ1n) is 5.57. The van der Waals surface area contributed by atoms with E-state index in [1.54, 1.807) is 31.1 Å². The van der Waals surface area contributed by atoms with E-state index in [2.05, 4.69) is 15.5 Å². The lowest BCUT2D eigenvalue weighted by atomic mass is 10.2. The van der Waals surface area contributed by atoms with E-state index in [0.717, 1.165) is 5.69 Å². The van der Waals surface area contributed by atoms with Gasteiger partial charge in [0.15, 0.2) is 5.69 Å². The van der Waals surface area contributed by atoms with E-state index >= 15 is 0 Å². The molecule has 2 rings (SSSR count). The molecule has 18 heavy (non-hydrogen) atoms. The van der Waals surface area contributed by atoms with E-state index in [1.165, 1.54) is 0 Å². The Morgan fingerprint density at radius 3 is 2.39 bits per heavy atom. The predicted molar refractivity (Wildman–Crippen MR) is 70.8 cm³/mol. The fourth-order valence-corrected chi connectivity index (χ4v) is 1.52. The Balaban J connectivity index is 2.20. The average Bonchev–Trinajstić information content (AvgIpc) is 2.47. The summed E-state index contributed by atoms with van der Waals surface area (Å²) in [6.45, 7) is 0. The third-order valence-corrected chi connectivity index (χ3v) is 2.59. The summed E-state index contributed by atoms with van der Waals surface area (Å²) < 4.78 is 0. The summed E-state index contributed by atoms with van der Waals surface area (Å²) in [5.41, 5.74) is 1.14. The Morgan fingerprint density at radius 1 is 1.11 bits per heavy atom. The molecule has 5 nitrogen and oxygen atoms in total. The van der Waals surface area contributed by atoms with Crippen molar-refractivity contribution in [1.29, 1.82) is 0 Å².